The Labute approximate surface area is 77.0 Å². The van der Waals surface area contributed by atoms with Crippen LogP contribution in [0, 0.1) is 0 Å². The maximum atomic E-state index is 13.0. The molecule has 1 rings (SSSR count). The summed E-state index contributed by atoms with van der Waals surface area (Å²) in [6, 6.07) is 0. The fourth-order valence-electron chi connectivity index (χ4n) is 0.775. The van der Waals surface area contributed by atoms with Gasteiger partial charge in [0, 0.05) is 18.0 Å². The van der Waals surface area contributed by atoms with Crippen molar-refractivity contribution in [3.05, 3.63) is 16.6 Å². The molecule has 1 heterocycles. The number of hydrogen-bond donors (Lipinski definition) is 1. The van der Waals surface area contributed by atoms with Crippen molar-refractivity contribution in [2.75, 3.05) is 0 Å². The highest BCUT2D eigenvalue weighted by Gasteiger charge is 2.34. The quantitative estimate of drug-likeness (QED) is 0.822. The molecule has 0 atom stereocenters. The summed E-state index contributed by atoms with van der Waals surface area (Å²) in [7, 11) is 0. The number of nitrogens with zero attached hydrogens (tertiary/aromatic N) is 1. The number of carboxylic acid groups (broad SMARTS) is 1. The van der Waals surface area contributed by atoms with Gasteiger partial charge in [-0.15, -0.1) is 11.3 Å². The smallest absolute Gasteiger partial charge is 0.303 e. The normalized spacial score (nSPS) is 11.5. The van der Waals surface area contributed by atoms with Crippen molar-refractivity contribution in [2.45, 2.75) is 18.8 Å². The summed E-state index contributed by atoms with van der Waals surface area (Å²) in [5.74, 6) is -4.34. The topological polar surface area (TPSA) is 50.2 Å². The Bertz CT molecular complexity index is 287. The predicted molar refractivity (Wildman–Crippen MR) is 42.9 cm³/mol. The highest BCUT2D eigenvalue weighted by atomic mass is 32.1. The zero-order valence-corrected chi connectivity index (χ0v) is 7.35. The van der Waals surface area contributed by atoms with Crippen LogP contribution in [0.15, 0.2) is 11.6 Å². The number of rotatable bonds is 4. The van der Waals surface area contributed by atoms with Gasteiger partial charge < -0.3 is 5.11 Å². The molecule has 1 aromatic heterocycles. The third-order valence-corrected chi connectivity index (χ3v) is 2.28. The lowest BCUT2D eigenvalue weighted by atomic mass is 10.2. The first-order valence-electron chi connectivity index (χ1n) is 3.52. The summed E-state index contributed by atoms with van der Waals surface area (Å²) < 4.78 is 26.1. The molecular formula is C7H7F2NO2S. The molecule has 72 valence electrons. The highest BCUT2D eigenvalue weighted by Crippen LogP contribution is 2.33. The van der Waals surface area contributed by atoms with E-state index in [2.05, 4.69) is 4.98 Å². The highest BCUT2D eigenvalue weighted by molar-refractivity contribution is 7.09. The Morgan fingerprint density at radius 1 is 1.69 bits per heavy atom. The van der Waals surface area contributed by atoms with E-state index in [1.165, 1.54) is 11.6 Å². The molecule has 0 amide bonds. The average molecular weight is 207 g/mol. The summed E-state index contributed by atoms with van der Waals surface area (Å²) in [6.45, 7) is 0. The van der Waals surface area contributed by atoms with E-state index in [9.17, 15) is 13.6 Å². The fourth-order valence-corrected chi connectivity index (χ4v) is 1.42. The molecule has 0 aromatic carbocycles. The van der Waals surface area contributed by atoms with Gasteiger partial charge in [-0.1, -0.05) is 0 Å². The van der Waals surface area contributed by atoms with Crippen LogP contribution in [0.3, 0.4) is 0 Å². The molecule has 0 radical (unpaired) electrons. The number of carboxylic acids is 1. The van der Waals surface area contributed by atoms with Gasteiger partial charge in [0.15, 0.2) is 5.01 Å². The van der Waals surface area contributed by atoms with Gasteiger partial charge in [0.2, 0.25) is 0 Å². The van der Waals surface area contributed by atoms with Gasteiger partial charge in [0.25, 0.3) is 5.92 Å². The molecule has 1 aromatic rings. The van der Waals surface area contributed by atoms with E-state index >= 15 is 0 Å². The van der Waals surface area contributed by atoms with Crippen LogP contribution >= 0.6 is 11.3 Å². The van der Waals surface area contributed by atoms with Gasteiger partial charge in [-0.05, 0) is 0 Å². The van der Waals surface area contributed by atoms with Crippen LogP contribution in [0.2, 0.25) is 0 Å². The summed E-state index contributed by atoms with van der Waals surface area (Å²) in [5, 5.41) is 9.33. The van der Waals surface area contributed by atoms with E-state index in [4.69, 9.17) is 5.11 Å². The molecule has 0 aliphatic rings. The lowest BCUT2D eigenvalue weighted by molar-refractivity contribution is -0.139. The Morgan fingerprint density at radius 2 is 2.38 bits per heavy atom. The van der Waals surface area contributed by atoms with E-state index < -0.39 is 24.7 Å². The van der Waals surface area contributed by atoms with Crippen LogP contribution in [0.25, 0.3) is 0 Å². The van der Waals surface area contributed by atoms with Crippen molar-refractivity contribution in [2.24, 2.45) is 0 Å². The molecule has 0 spiro atoms. The first-order chi connectivity index (χ1) is 6.02. The molecule has 0 bridgehead atoms. The Morgan fingerprint density at radius 3 is 2.85 bits per heavy atom. The van der Waals surface area contributed by atoms with Crippen molar-refractivity contribution in [3.8, 4) is 0 Å². The third-order valence-electron chi connectivity index (χ3n) is 1.40. The number of thiazole rings is 1. The van der Waals surface area contributed by atoms with Gasteiger partial charge in [0.05, 0.1) is 6.42 Å². The average Bonchev–Trinajstić information content (AvgIpc) is 2.53. The molecule has 0 unspecified atom stereocenters. The summed E-state index contributed by atoms with van der Waals surface area (Å²) in [4.78, 5) is 13.5. The van der Waals surface area contributed by atoms with Crippen LogP contribution in [0.4, 0.5) is 8.78 Å². The Balaban J connectivity index is 2.61. The van der Waals surface area contributed by atoms with Crippen LogP contribution in [-0.2, 0) is 10.7 Å². The lowest BCUT2D eigenvalue weighted by Gasteiger charge is -2.10. The number of aromatic nitrogens is 1. The van der Waals surface area contributed by atoms with E-state index in [1.54, 1.807) is 0 Å². The van der Waals surface area contributed by atoms with Crippen LogP contribution in [0.1, 0.15) is 17.8 Å². The number of alkyl halides is 2. The van der Waals surface area contributed by atoms with Gasteiger partial charge in [0.1, 0.15) is 0 Å². The minimum atomic E-state index is -3.12. The Kier molecular flexibility index (Phi) is 2.92. The third kappa shape index (κ3) is 2.73. The molecule has 6 heteroatoms. The maximum Gasteiger partial charge on any atom is 0.303 e. The number of aliphatic carboxylic acids is 1. The number of hydrogen-bond acceptors (Lipinski definition) is 3. The van der Waals surface area contributed by atoms with Crippen LogP contribution < -0.4 is 0 Å². The minimum absolute atomic E-state index is 0.325. The Hall–Kier alpha value is -1.04. The zero-order valence-electron chi connectivity index (χ0n) is 6.54. The first-order valence-corrected chi connectivity index (χ1v) is 4.40. The van der Waals surface area contributed by atoms with Gasteiger partial charge in [-0.3, -0.25) is 4.79 Å². The molecule has 0 saturated carbocycles. The van der Waals surface area contributed by atoms with Crippen LogP contribution in [0.5, 0.6) is 0 Å². The number of carbonyl (C=O) groups is 1. The van der Waals surface area contributed by atoms with Gasteiger partial charge >= 0.3 is 5.97 Å². The molecule has 0 saturated heterocycles. The van der Waals surface area contributed by atoms with Crippen molar-refractivity contribution < 1.29 is 18.7 Å². The minimum Gasteiger partial charge on any atom is -0.481 e. The second-order valence-corrected chi connectivity index (χ2v) is 3.33. The van der Waals surface area contributed by atoms with E-state index in [1.807, 2.05) is 0 Å². The summed E-state index contributed by atoms with van der Waals surface area (Å²) >= 11 is 0.827. The summed E-state index contributed by atoms with van der Waals surface area (Å²) in [6.07, 6.45) is 0.0249. The molecule has 13 heavy (non-hydrogen) atoms. The standard InChI is InChI=1S/C7H7F2NO2S/c8-7(9,2-1-5(11)12)6-10-3-4-13-6/h3-4H,1-2H2,(H,11,12). The fraction of sp³-hybridized carbons (Fsp3) is 0.429. The monoisotopic (exact) mass is 207 g/mol. The van der Waals surface area contributed by atoms with Gasteiger partial charge in [-0.2, -0.15) is 8.78 Å². The molecule has 0 aliphatic carbocycles. The van der Waals surface area contributed by atoms with Crippen molar-refractivity contribution in [1.29, 1.82) is 0 Å². The molecular weight excluding hydrogens is 200 g/mol. The van der Waals surface area contributed by atoms with Crippen molar-refractivity contribution in [1.82, 2.24) is 4.98 Å². The molecule has 1 N–H and O–H groups in total. The zero-order chi connectivity index (χ0) is 9.90. The number of halogens is 2. The second-order valence-electron chi connectivity index (χ2n) is 2.44. The first kappa shape index (κ1) is 10.0. The predicted octanol–water partition coefficient (Wildman–Crippen LogP) is 2.10. The largest absolute Gasteiger partial charge is 0.481 e. The molecule has 0 fully saturated rings. The van der Waals surface area contributed by atoms with E-state index in [0.29, 0.717) is 0 Å². The van der Waals surface area contributed by atoms with Crippen molar-refractivity contribution in [3.63, 3.8) is 0 Å². The van der Waals surface area contributed by atoms with Gasteiger partial charge in [-0.25, -0.2) is 4.98 Å². The SMILES string of the molecule is O=C(O)CCC(F)(F)c1nccs1. The molecule has 0 aliphatic heterocycles. The molecule has 3 nitrogen and oxygen atoms in total. The lowest BCUT2D eigenvalue weighted by Crippen LogP contribution is -2.14. The summed E-state index contributed by atoms with van der Waals surface area (Å²) in [5.41, 5.74) is 0. The van der Waals surface area contributed by atoms with Crippen molar-refractivity contribution >= 4 is 17.3 Å². The second kappa shape index (κ2) is 3.78. The van der Waals surface area contributed by atoms with E-state index in [0.717, 1.165) is 11.3 Å². The van der Waals surface area contributed by atoms with Crippen LogP contribution in [-0.4, -0.2) is 16.1 Å². The van der Waals surface area contributed by atoms with E-state index in [-0.39, 0.29) is 5.01 Å². The maximum absolute atomic E-state index is 13.0.